The van der Waals surface area contributed by atoms with Gasteiger partial charge in [0.05, 0.1) is 13.7 Å². The number of likely N-dealkylation sites (N-methyl/N-ethyl adjacent to an activating group) is 1. The van der Waals surface area contributed by atoms with Crippen LogP contribution in [0, 0.1) is 0 Å². The number of urea groups is 1. The monoisotopic (exact) mass is 276 g/mol. The molecule has 0 bridgehead atoms. The van der Waals surface area contributed by atoms with Crippen molar-refractivity contribution in [2.24, 2.45) is 0 Å². The molecule has 0 aromatic heterocycles. The highest BCUT2D eigenvalue weighted by molar-refractivity contribution is 5.83. The number of hydrogen-bond acceptors (Lipinski definition) is 5. The molecule has 0 rings (SSSR count). The van der Waals surface area contributed by atoms with Crippen molar-refractivity contribution in [1.82, 2.24) is 10.2 Å². The third-order valence-corrected chi connectivity index (χ3v) is 2.44. The summed E-state index contributed by atoms with van der Waals surface area (Å²) in [5.74, 6) is -1.72. The number of nitrogens with one attached hydrogen (secondary N) is 1. The molecule has 0 unspecified atom stereocenters. The predicted molar refractivity (Wildman–Crippen MR) is 65.7 cm³/mol. The Hall–Kier alpha value is -1.83. The van der Waals surface area contributed by atoms with Crippen LogP contribution < -0.4 is 5.32 Å². The fraction of sp³-hybridized carbons (Fsp3) is 0.727. The number of esters is 1. The van der Waals surface area contributed by atoms with E-state index < -0.39 is 24.0 Å². The summed E-state index contributed by atoms with van der Waals surface area (Å²) in [6, 6.07) is -1.66. The first-order valence-electron chi connectivity index (χ1n) is 5.72. The number of carboxylic acid groups (broad SMARTS) is 1. The van der Waals surface area contributed by atoms with Gasteiger partial charge >= 0.3 is 18.0 Å². The lowest BCUT2D eigenvalue weighted by molar-refractivity contribution is -0.142. The number of aliphatic carboxylic acids is 1. The van der Waals surface area contributed by atoms with E-state index in [1.807, 2.05) is 0 Å². The number of rotatable bonds is 8. The minimum Gasteiger partial charge on any atom is -0.480 e. The van der Waals surface area contributed by atoms with Crippen LogP contribution in [0.2, 0.25) is 0 Å². The van der Waals surface area contributed by atoms with Gasteiger partial charge in [-0.25, -0.2) is 9.59 Å². The van der Waals surface area contributed by atoms with Gasteiger partial charge in [0.15, 0.2) is 0 Å². The van der Waals surface area contributed by atoms with Gasteiger partial charge < -0.3 is 24.8 Å². The SMILES string of the molecule is COCCN(C)C(=O)N[C@@H](CCC(=O)OC)C(=O)O. The normalized spacial score (nSPS) is 11.5. The molecule has 2 amide bonds. The molecule has 0 fully saturated rings. The smallest absolute Gasteiger partial charge is 0.326 e. The molecule has 110 valence electrons. The van der Waals surface area contributed by atoms with Gasteiger partial charge in [-0.1, -0.05) is 0 Å². The number of nitrogens with zero attached hydrogens (tertiary/aromatic N) is 1. The van der Waals surface area contributed by atoms with Crippen LogP contribution in [0.5, 0.6) is 0 Å². The second-order valence-corrected chi connectivity index (χ2v) is 3.87. The fourth-order valence-electron chi connectivity index (χ4n) is 1.21. The lowest BCUT2D eigenvalue weighted by Gasteiger charge is -2.20. The van der Waals surface area contributed by atoms with E-state index in [1.54, 1.807) is 0 Å². The van der Waals surface area contributed by atoms with Crippen molar-refractivity contribution >= 4 is 18.0 Å². The second-order valence-electron chi connectivity index (χ2n) is 3.87. The van der Waals surface area contributed by atoms with Crippen molar-refractivity contribution in [3.63, 3.8) is 0 Å². The first-order valence-corrected chi connectivity index (χ1v) is 5.72. The van der Waals surface area contributed by atoms with Crippen molar-refractivity contribution in [3.8, 4) is 0 Å². The molecule has 0 radical (unpaired) electrons. The van der Waals surface area contributed by atoms with Crippen LogP contribution in [0.1, 0.15) is 12.8 Å². The molecule has 0 aliphatic heterocycles. The lowest BCUT2D eigenvalue weighted by atomic mass is 10.1. The Bertz CT molecular complexity index is 320. The van der Waals surface area contributed by atoms with Crippen molar-refractivity contribution in [3.05, 3.63) is 0 Å². The molecular weight excluding hydrogens is 256 g/mol. The molecule has 0 heterocycles. The Morgan fingerprint density at radius 2 is 1.95 bits per heavy atom. The van der Waals surface area contributed by atoms with E-state index in [9.17, 15) is 14.4 Å². The number of carboxylic acids is 1. The average Bonchev–Trinajstić information content (AvgIpc) is 2.39. The van der Waals surface area contributed by atoms with Crippen LogP contribution >= 0.6 is 0 Å². The van der Waals surface area contributed by atoms with Gasteiger partial charge in [-0.15, -0.1) is 0 Å². The maximum Gasteiger partial charge on any atom is 0.326 e. The Kier molecular flexibility index (Phi) is 8.27. The quantitative estimate of drug-likeness (QED) is 0.589. The summed E-state index contributed by atoms with van der Waals surface area (Å²) in [7, 11) is 4.24. The highest BCUT2D eigenvalue weighted by atomic mass is 16.5. The summed E-state index contributed by atoms with van der Waals surface area (Å²) >= 11 is 0. The van der Waals surface area contributed by atoms with Crippen LogP contribution in [0.15, 0.2) is 0 Å². The Morgan fingerprint density at radius 3 is 2.42 bits per heavy atom. The largest absolute Gasteiger partial charge is 0.480 e. The molecule has 0 aromatic rings. The number of amides is 2. The Morgan fingerprint density at radius 1 is 1.32 bits per heavy atom. The van der Waals surface area contributed by atoms with Gasteiger partial charge in [-0.05, 0) is 6.42 Å². The van der Waals surface area contributed by atoms with E-state index in [1.165, 1.54) is 26.2 Å². The van der Waals surface area contributed by atoms with Gasteiger partial charge in [0, 0.05) is 27.1 Å². The summed E-state index contributed by atoms with van der Waals surface area (Å²) in [5.41, 5.74) is 0. The van der Waals surface area contributed by atoms with E-state index in [-0.39, 0.29) is 12.8 Å². The summed E-state index contributed by atoms with van der Waals surface area (Å²) < 4.78 is 9.22. The number of ether oxygens (including phenoxy) is 2. The van der Waals surface area contributed by atoms with E-state index in [0.717, 1.165) is 0 Å². The number of carbonyl (C=O) groups is 3. The number of hydrogen-bond donors (Lipinski definition) is 2. The zero-order chi connectivity index (χ0) is 14.8. The predicted octanol–water partition coefficient (Wildman–Crippen LogP) is -0.319. The zero-order valence-corrected chi connectivity index (χ0v) is 11.3. The van der Waals surface area contributed by atoms with Gasteiger partial charge in [0.25, 0.3) is 0 Å². The summed E-state index contributed by atoms with van der Waals surface area (Å²) in [6.07, 6.45) is -0.0958. The first-order chi connectivity index (χ1) is 8.92. The van der Waals surface area contributed by atoms with Crippen LogP contribution in [0.3, 0.4) is 0 Å². The van der Waals surface area contributed by atoms with Gasteiger partial charge in [0.1, 0.15) is 6.04 Å². The summed E-state index contributed by atoms with van der Waals surface area (Å²) in [5, 5.41) is 11.3. The molecule has 1 atom stereocenters. The van der Waals surface area contributed by atoms with Crippen molar-refractivity contribution < 1.29 is 29.0 Å². The summed E-state index contributed by atoms with van der Waals surface area (Å²) in [6.45, 7) is 0.690. The maximum atomic E-state index is 11.7. The Balaban J connectivity index is 4.29. The lowest BCUT2D eigenvalue weighted by Crippen LogP contribution is -2.47. The average molecular weight is 276 g/mol. The van der Waals surface area contributed by atoms with Gasteiger partial charge in [-0.2, -0.15) is 0 Å². The molecule has 8 heteroatoms. The standard InChI is InChI=1S/C11H20N2O6/c1-13(6-7-18-2)11(17)12-8(10(15)16)4-5-9(14)19-3/h8H,4-7H2,1-3H3,(H,12,17)(H,15,16)/t8-/m0/s1. The van der Waals surface area contributed by atoms with Crippen LogP contribution in [0.4, 0.5) is 4.79 Å². The van der Waals surface area contributed by atoms with E-state index in [2.05, 4.69) is 10.1 Å². The molecule has 0 saturated heterocycles. The van der Waals surface area contributed by atoms with Crippen molar-refractivity contribution in [1.29, 1.82) is 0 Å². The molecule has 0 saturated carbocycles. The number of methoxy groups -OCH3 is 2. The van der Waals surface area contributed by atoms with Crippen LogP contribution in [-0.4, -0.2) is 68.4 Å². The zero-order valence-electron chi connectivity index (χ0n) is 11.3. The van der Waals surface area contributed by atoms with E-state index in [4.69, 9.17) is 9.84 Å². The molecular formula is C11H20N2O6. The molecule has 0 aliphatic rings. The number of carbonyl (C=O) groups excluding carboxylic acids is 2. The topological polar surface area (TPSA) is 105 Å². The van der Waals surface area contributed by atoms with Gasteiger partial charge in [-0.3, -0.25) is 4.79 Å². The summed E-state index contributed by atoms with van der Waals surface area (Å²) in [4.78, 5) is 34.9. The van der Waals surface area contributed by atoms with E-state index >= 15 is 0 Å². The van der Waals surface area contributed by atoms with Crippen LogP contribution in [-0.2, 0) is 19.1 Å². The highest BCUT2D eigenvalue weighted by Gasteiger charge is 2.22. The van der Waals surface area contributed by atoms with Crippen LogP contribution in [0.25, 0.3) is 0 Å². The molecule has 8 nitrogen and oxygen atoms in total. The second kappa shape index (κ2) is 9.15. The molecule has 19 heavy (non-hydrogen) atoms. The Labute approximate surface area is 111 Å². The first kappa shape index (κ1) is 17.2. The molecule has 0 aromatic carbocycles. The van der Waals surface area contributed by atoms with Crippen molar-refractivity contribution in [2.45, 2.75) is 18.9 Å². The minimum absolute atomic E-state index is 0.0220. The fourth-order valence-corrected chi connectivity index (χ4v) is 1.21. The highest BCUT2D eigenvalue weighted by Crippen LogP contribution is 2.00. The third-order valence-electron chi connectivity index (χ3n) is 2.44. The molecule has 2 N–H and O–H groups in total. The molecule has 0 spiro atoms. The van der Waals surface area contributed by atoms with Gasteiger partial charge in [0.2, 0.25) is 0 Å². The van der Waals surface area contributed by atoms with Crippen molar-refractivity contribution in [2.75, 3.05) is 34.4 Å². The third kappa shape index (κ3) is 7.24. The maximum absolute atomic E-state index is 11.7. The van der Waals surface area contributed by atoms with E-state index in [0.29, 0.717) is 13.2 Å². The minimum atomic E-state index is -1.20. The molecule has 0 aliphatic carbocycles.